The van der Waals surface area contributed by atoms with Crippen molar-refractivity contribution in [2.45, 2.75) is 19.5 Å². The first kappa shape index (κ1) is 20.2. The Balaban J connectivity index is 1.91. The molecule has 4 N–H and O–H groups in total. The molecule has 2 atom stereocenters. The largest absolute Gasteiger partial charge is 0.490 e. The molecule has 0 heterocycles. The molecule has 1 unspecified atom stereocenters. The molecule has 27 heavy (non-hydrogen) atoms. The fraction of sp³-hybridized carbons (Fsp3) is 0.238. The summed E-state index contributed by atoms with van der Waals surface area (Å²) in [5, 5.41) is 2.87. The Morgan fingerprint density at radius 1 is 1.19 bits per heavy atom. The molecule has 2 aromatic rings. The molecule has 2 amide bonds. The fourth-order valence-corrected chi connectivity index (χ4v) is 2.53. The van der Waals surface area contributed by atoms with Crippen LogP contribution in [0.2, 0.25) is 0 Å². The monoisotopic (exact) mass is 368 g/mol. The Morgan fingerprint density at radius 2 is 1.81 bits per heavy atom. The molecule has 2 rings (SSSR count). The molecular formula is C21H26N3O3+. The number of benzene rings is 2. The quantitative estimate of drug-likeness (QED) is 0.585. The SMILES string of the molecule is C=CCOc1ccc(C[NH+](C)[C@@H](C)C(=O)Nc2ccc(C(N)=O)cc2)cc1. The molecule has 0 saturated carbocycles. The van der Waals surface area contributed by atoms with Crippen LogP contribution < -0.4 is 20.7 Å². The van der Waals surface area contributed by atoms with Gasteiger partial charge in [0.1, 0.15) is 18.9 Å². The van der Waals surface area contributed by atoms with Crippen LogP contribution in [0, 0.1) is 0 Å². The van der Waals surface area contributed by atoms with Gasteiger partial charge in [-0.3, -0.25) is 9.59 Å². The van der Waals surface area contributed by atoms with Crippen molar-refractivity contribution in [1.29, 1.82) is 0 Å². The van der Waals surface area contributed by atoms with Gasteiger partial charge in [0.05, 0.1) is 7.05 Å². The predicted molar refractivity (Wildman–Crippen MR) is 106 cm³/mol. The second-order valence-corrected chi connectivity index (χ2v) is 6.42. The summed E-state index contributed by atoms with van der Waals surface area (Å²) < 4.78 is 5.47. The molecule has 2 aromatic carbocycles. The highest BCUT2D eigenvalue weighted by Gasteiger charge is 2.22. The zero-order chi connectivity index (χ0) is 19.8. The number of hydrogen-bond acceptors (Lipinski definition) is 3. The summed E-state index contributed by atoms with van der Waals surface area (Å²) in [6.07, 6.45) is 1.70. The van der Waals surface area contributed by atoms with E-state index in [2.05, 4.69) is 11.9 Å². The van der Waals surface area contributed by atoms with E-state index >= 15 is 0 Å². The first-order chi connectivity index (χ1) is 12.9. The third kappa shape index (κ3) is 5.97. The average molecular weight is 368 g/mol. The molecule has 6 heteroatoms. The van der Waals surface area contributed by atoms with Gasteiger partial charge in [0, 0.05) is 16.8 Å². The van der Waals surface area contributed by atoms with Crippen LogP contribution in [0.15, 0.2) is 61.2 Å². The molecule has 0 aliphatic heterocycles. The summed E-state index contributed by atoms with van der Waals surface area (Å²) in [7, 11) is 1.97. The van der Waals surface area contributed by atoms with Gasteiger partial charge < -0.3 is 20.7 Å². The number of primary amides is 1. The first-order valence-corrected chi connectivity index (χ1v) is 8.76. The van der Waals surface area contributed by atoms with Crippen LogP contribution in [-0.4, -0.2) is 31.5 Å². The summed E-state index contributed by atoms with van der Waals surface area (Å²) in [5.74, 6) is 0.207. The molecule has 0 aliphatic carbocycles. The number of nitrogens with two attached hydrogens (primary N) is 1. The van der Waals surface area contributed by atoms with E-state index in [0.29, 0.717) is 24.4 Å². The van der Waals surface area contributed by atoms with E-state index in [0.717, 1.165) is 16.2 Å². The molecule has 0 fully saturated rings. The number of nitrogens with one attached hydrogen (secondary N) is 2. The molecular weight excluding hydrogens is 342 g/mol. The lowest BCUT2D eigenvalue weighted by molar-refractivity contribution is -0.907. The van der Waals surface area contributed by atoms with Crippen LogP contribution in [0.3, 0.4) is 0 Å². The lowest BCUT2D eigenvalue weighted by Crippen LogP contribution is -3.12. The predicted octanol–water partition coefficient (Wildman–Crippen LogP) is 1.39. The minimum absolute atomic E-state index is 0.0924. The Bertz CT molecular complexity index is 785. The van der Waals surface area contributed by atoms with Gasteiger partial charge >= 0.3 is 0 Å². The first-order valence-electron chi connectivity index (χ1n) is 8.76. The summed E-state index contributed by atoms with van der Waals surface area (Å²) in [5.41, 5.74) is 7.37. The van der Waals surface area contributed by atoms with E-state index in [-0.39, 0.29) is 11.9 Å². The lowest BCUT2D eigenvalue weighted by atomic mass is 10.1. The van der Waals surface area contributed by atoms with Crippen molar-refractivity contribution in [3.63, 3.8) is 0 Å². The minimum atomic E-state index is -0.494. The Labute approximate surface area is 159 Å². The summed E-state index contributed by atoms with van der Waals surface area (Å²) in [6.45, 7) is 6.68. The number of hydrogen-bond donors (Lipinski definition) is 3. The number of carbonyl (C=O) groups is 2. The maximum absolute atomic E-state index is 12.5. The Morgan fingerprint density at radius 3 is 2.37 bits per heavy atom. The lowest BCUT2D eigenvalue weighted by Gasteiger charge is -2.21. The molecule has 0 radical (unpaired) electrons. The van der Waals surface area contributed by atoms with E-state index in [1.54, 1.807) is 30.3 Å². The van der Waals surface area contributed by atoms with Crippen LogP contribution in [0.25, 0.3) is 0 Å². The zero-order valence-corrected chi connectivity index (χ0v) is 15.7. The highest BCUT2D eigenvalue weighted by atomic mass is 16.5. The van der Waals surface area contributed by atoms with Crippen molar-refractivity contribution < 1.29 is 19.2 Å². The van der Waals surface area contributed by atoms with Crippen LogP contribution in [0.4, 0.5) is 5.69 Å². The minimum Gasteiger partial charge on any atom is -0.490 e. The van der Waals surface area contributed by atoms with E-state index in [4.69, 9.17) is 10.5 Å². The summed E-state index contributed by atoms with van der Waals surface area (Å²) in [6, 6.07) is 14.1. The van der Waals surface area contributed by atoms with Crippen molar-refractivity contribution in [2.75, 3.05) is 19.0 Å². The van der Waals surface area contributed by atoms with Crippen molar-refractivity contribution in [3.05, 3.63) is 72.3 Å². The van der Waals surface area contributed by atoms with Crippen molar-refractivity contribution in [2.24, 2.45) is 5.73 Å². The molecule has 0 saturated heterocycles. The van der Waals surface area contributed by atoms with Gasteiger partial charge in [0.25, 0.3) is 5.91 Å². The molecule has 6 nitrogen and oxygen atoms in total. The van der Waals surface area contributed by atoms with E-state index in [9.17, 15) is 9.59 Å². The van der Waals surface area contributed by atoms with Crippen LogP contribution >= 0.6 is 0 Å². The topological polar surface area (TPSA) is 85.9 Å². The third-order valence-electron chi connectivity index (χ3n) is 4.34. The van der Waals surface area contributed by atoms with Gasteiger partial charge in [0.2, 0.25) is 5.91 Å². The third-order valence-corrected chi connectivity index (χ3v) is 4.34. The van der Waals surface area contributed by atoms with Gasteiger partial charge in [0.15, 0.2) is 6.04 Å². The van der Waals surface area contributed by atoms with Crippen LogP contribution in [-0.2, 0) is 11.3 Å². The van der Waals surface area contributed by atoms with Gasteiger partial charge in [-0.05, 0) is 55.5 Å². The van der Waals surface area contributed by atoms with Crippen molar-refractivity contribution in [3.8, 4) is 5.75 Å². The van der Waals surface area contributed by atoms with Crippen molar-refractivity contribution in [1.82, 2.24) is 0 Å². The smallest absolute Gasteiger partial charge is 0.282 e. The van der Waals surface area contributed by atoms with Crippen LogP contribution in [0.1, 0.15) is 22.8 Å². The molecule has 0 aromatic heterocycles. The summed E-state index contributed by atoms with van der Waals surface area (Å²) >= 11 is 0. The van der Waals surface area contributed by atoms with E-state index in [1.165, 1.54) is 0 Å². The number of quaternary nitrogens is 1. The molecule has 142 valence electrons. The van der Waals surface area contributed by atoms with Crippen molar-refractivity contribution >= 4 is 17.5 Å². The van der Waals surface area contributed by atoms with Gasteiger partial charge in [-0.2, -0.15) is 0 Å². The fourth-order valence-electron chi connectivity index (χ4n) is 2.53. The second kappa shape index (κ2) is 9.54. The molecule has 0 bridgehead atoms. The van der Waals surface area contributed by atoms with E-state index in [1.807, 2.05) is 38.2 Å². The van der Waals surface area contributed by atoms with Gasteiger partial charge in [-0.15, -0.1) is 0 Å². The Hall–Kier alpha value is -3.12. The normalized spacial score (nSPS) is 12.7. The molecule has 0 spiro atoms. The standard InChI is InChI=1S/C21H25N3O3/c1-4-13-27-19-11-5-16(6-12-19)14-24(3)15(2)21(26)23-18-9-7-17(8-10-18)20(22)25/h4-12,15H,1,13-14H2,2-3H3,(H2,22,25)(H,23,26)/p+1/t15-/m0/s1. The Kier molecular flexibility index (Phi) is 7.14. The van der Waals surface area contributed by atoms with Gasteiger partial charge in [-0.25, -0.2) is 0 Å². The maximum atomic E-state index is 12.5. The number of rotatable bonds is 9. The number of anilines is 1. The number of carbonyl (C=O) groups excluding carboxylic acids is 2. The number of amides is 2. The maximum Gasteiger partial charge on any atom is 0.282 e. The van der Waals surface area contributed by atoms with E-state index < -0.39 is 5.91 Å². The molecule has 0 aliphatic rings. The highest BCUT2D eigenvalue weighted by molar-refractivity contribution is 5.95. The van der Waals surface area contributed by atoms with Crippen LogP contribution in [0.5, 0.6) is 5.75 Å². The second-order valence-electron chi connectivity index (χ2n) is 6.42. The number of ether oxygens (including phenoxy) is 1. The summed E-state index contributed by atoms with van der Waals surface area (Å²) in [4.78, 5) is 24.6. The highest BCUT2D eigenvalue weighted by Crippen LogP contribution is 2.12. The zero-order valence-electron chi connectivity index (χ0n) is 15.7. The average Bonchev–Trinajstić information content (AvgIpc) is 2.67. The van der Waals surface area contributed by atoms with Gasteiger partial charge in [-0.1, -0.05) is 12.7 Å². The number of likely N-dealkylation sites (N-methyl/N-ethyl adjacent to an activating group) is 1.